The van der Waals surface area contributed by atoms with Gasteiger partial charge in [0, 0.05) is 0 Å². The maximum atomic E-state index is 12.1. The molecule has 0 radical (unpaired) electrons. The van der Waals surface area contributed by atoms with Gasteiger partial charge >= 0.3 is 5.97 Å². The number of methoxy groups -OCH3 is 1. The zero-order chi connectivity index (χ0) is 16.1. The number of carbonyl (C=O) groups is 2. The highest BCUT2D eigenvalue weighted by molar-refractivity contribution is 7.91. The van der Waals surface area contributed by atoms with Crippen LogP contribution in [0.15, 0.2) is 0 Å². The summed E-state index contributed by atoms with van der Waals surface area (Å²) < 4.78 is 27.6. The standard InChI is InChI=1S/C13H24N2O5S/c1-4-6-15(9-12(17)20-3)8-11(16)14-13(2)5-7-21(18,19)10-13/h4-10H2,1-3H3,(H,14,16). The van der Waals surface area contributed by atoms with Crippen molar-refractivity contribution >= 4 is 21.7 Å². The summed E-state index contributed by atoms with van der Waals surface area (Å²) in [5.41, 5.74) is -0.709. The van der Waals surface area contributed by atoms with Crippen LogP contribution in [0.4, 0.5) is 0 Å². The second kappa shape index (κ2) is 7.22. The molecule has 7 nitrogen and oxygen atoms in total. The highest BCUT2D eigenvalue weighted by Crippen LogP contribution is 2.22. The Balaban J connectivity index is 2.56. The van der Waals surface area contributed by atoms with Gasteiger partial charge in [-0.2, -0.15) is 0 Å². The first-order chi connectivity index (χ1) is 9.69. The van der Waals surface area contributed by atoms with Crippen molar-refractivity contribution in [1.82, 2.24) is 10.2 Å². The zero-order valence-electron chi connectivity index (χ0n) is 12.8. The molecule has 1 unspecified atom stereocenters. The molecule has 21 heavy (non-hydrogen) atoms. The van der Waals surface area contributed by atoms with Gasteiger partial charge in [-0.25, -0.2) is 8.42 Å². The van der Waals surface area contributed by atoms with Gasteiger partial charge in [-0.05, 0) is 26.3 Å². The molecule has 0 spiro atoms. The number of esters is 1. The van der Waals surface area contributed by atoms with Gasteiger partial charge in [0.05, 0.1) is 37.2 Å². The van der Waals surface area contributed by atoms with Crippen molar-refractivity contribution in [2.75, 3.05) is 38.2 Å². The van der Waals surface area contributed by atoms with Crippen molar-refractivity contribution < 1.29 is 22.7 Å². The van der Waals surface area contributed by atoms with E-state index >= 15 is 0 Å². The first-order valence-corrected chi connectivity index (χ1v) is 8.82. The molecule has 0 bridgehead atoms. The van der Waals surface area contributed by atoms with Gasteiger partial charge in [0.1, 0.15) is 0 Å². The van der Waals surface area contributed by atoms with Crippen LogP contribution in [0.3, 0.4) is 0 Å². The highest BCUT2D eigenvalue weighted by atomic mass is 32.2. The minimum absolute atomic E-state index is 0.0312. The van der Waals surface area contributed by atoms with Gasteiger partial charge in [0.15, 0.2) is 9.84 Å². The zero-order valence-corrected chi connectivity index (χ0v) is 13.7. The number of hydrogen-bond acceptors (Lipinski definition) is 6. The molecule has 0 aromatic rings. The first-order valence-electron chi connectivity index (χ1n) is 7.00. The van der Waals surface area contributed by atoms with Crippen LogP contribution in [-0.4, -0.2) is 69.0 Å². The first kappa shape index (κ1) is 17.9. The number of sulfone groups is 1. The van der Waals surface area contributed by atoms with Crippen LogP contribution in [0, 0.1) is 0 Å². The van der Waals surface area contributed by atoms with Crippen LogP contribution < -0.4 is 5.32 Å². The molecule has 1 amide bonds. The van der Waals surface area contributed by atoms with Crippen LogP contribution >= 0.6 is 0 Å². The summed E-state index contributed by atoms with van der Waals surface area (Å²) in [4.78, 5) is 25.1. The molecule has 8 heteroatoms. The van der Waals surface area contributed by atoms with E-state index in [1.165, 1.54) is 7.11 Å². The number of ether oxygens (including phenoxy) is 1. The quantitative estimate of drug-likeness (QED) is 0.640. The van der Waals surface area contributed by atoms with E-state index in [2.05, 4.69) is 10.1 Å². The second-order valence-electron chi connectivity index (χ2n) is 5.74. The van der Waals surface area contributed by atoms with Gasteiger partial charge in [0.25, 0.3) is 0 Å². The van der Waals surface area contributed by atoms with Gasteiger partial charge in [-0.1, -0.05) is 6.92 Å². The topological polar surface area (TPSA) is 92.8 Å². The summed E-state index contributed by atoms with van der Waals surface area (Å²) in [5.74, 6) is -0.598. The Morgan fingerprint density at radius 1 is 1.33 bits per heavy atom. The van der Waals surface area contributed by atoms with Gasteiger partial charge in [-0.3, -0.25) is 14.5 Å². The summed E-state index contributed by atoms with van der Waals surface area (Å²) in [6.45, 7) is 4.38. The summed E-state index contributed by atoms with van der Waals surface area (Å²) in [7, 11) is -1.76. The molecule has 0 aromatic carbocycles. The fourth-order valence-electron chi connectivity index (χ4n) is 2.47. The van der Waals surface area contributed by atoms with E-state index in [0.717, 1.165) is 6.42 Å². The number of hydrogen-bond donors (Lipinski definition) is 1. The van der Waals surface area contributed by atoms with Gasteiger partial charge in [0.2, 0.25) is 5.91 Å². The van der Waals surface area contributed by atoms with Gasteiger partial charge in [-0.15, -0.1) is 0 Å². The molecule has 122 valence electrons. The smallest absolute Gasteiger partial charge is 0.319 e. The molecular weight excluding hydrogens is 296 g/mol. The van der Waals surface area contributed by atoms with Crippen molar-refractivity contribution in [2.24, 2.45) is 0 Å². The lowest BCUT2D eigenvalue weighted by Gasteiger charge is -2.26. The molecule has 0 saturated carbocycles. The lowest BCUT2D eigenvalue weighted by Crippen LogP contribution is -2.51. The van der Waals surface area contributed by atoms with E-state index in [4.69, 9.17) is 0 Å². The van der Waals surface area contributed by atoms with E-state index < -0.39 is 21.3 Å². The van der Waals surface area contributed by atoms with Crippen molar-refractivity contribution in [1.29, 1.82) is 0 Å². The number of nitrogens with one attached hydrogen (secondary N) is 1. The second-order valence-corrected chi connectivity index (χ2v) is 7.92. The normalized spacial score (nSPS) is 24.0. The number of rotatable bonds is 7. The third kappa shape index (κ3) is 6.01. The fraction of sp³-hybridized carbons (Fsp3) is 0.846. The molecule has 0 aliphatic carbocycles. The molecule has 0 aromatic heterocycles. The van der Waals surface area contributed by atoms with E-state index in [9.17, 15) is 18.0 Å². The summed E-state index contributed by atoms with van der Waals surface area (Å²) in [6, 6.07) is 0. The van der Waals surface area contributed by atoms with Crippen molar-refractivity contribution in [3.05, 3.63) is 0 Å². The number of amides is 1. The molecule has 1 atom stereocenters. The average Bonchev–Trinajstić information content (AvgIpc) is 2.62. The van der Waals surface area contributed by atoms with Crippen molar-refractivity contribution in [3.8, 4) is 0 Å². The van der Waals surface area contributed by atoms with Crippen LogP contribution in [-0.2, 0) is 24.2 Å². The third-order valence-electron chi connectivity index (χ3n) is 3.43. The third-order valence-corrected chi connectivity index (χ3v) is 5.34. The van der Waals surface area contributed by atoms with E-state index in [0.29, 0.717) is 13.0 Å². The fourth-order valence-corrected chi connectivity index (χ4v) is 4.56. The summed E-state index contributed by atoms with van der Waals surface area (Å²) >= 11 is 0. The largest absolute Gasteiger partial charge is 0.468 e. The van der Waals surface area contributed by atoms with Gasteiger partial charge < -0.3 is 10.1 Å². The highest BCUT2D eigenvalue weighted by Gasteiger charge is 2.39. The lowest BCUT2D eigenvalue weighted by atomic mass is 10.0. The van der Waals surface area contributed by atoms with E-state index in [1.807, 2.05) is 6.92 Å². The molecule has 1 fully saturated rings. The monoisotopic (exact) mass is 320 g/mol. The minimum atomic E-state index is -3.06. The molecule has 1 saturated heterocycles. The number of nitrogens with zero attached hydrogens (tertiary/aromatic N) is 1. The Labute approximate surface area is 125 Å². The number of carbonyl (C=O) groups excluding carboxylic acids is 2. The molecular formula is C13H24N2O5S. The maximum absolute atomic E-state index is 12.1. The summed E-state index contributed by atoms with van der Waals surface area (Å²) in [6.07, 6.45) is 1.22. The Bertz CT molecular complexity index is 491. The molecule has 1 aliphatic heterocycles. The van der Waals surface area contributed by atoms with Crippen LogP contribution in [0.5, 0.6) is 0 Å². The Morgan fingerprint density at radius 2 is 2.00 bits per heavy atom. The predicted octanol–water partition coefficient (Wildman–Crippen LogP) is -0.435. The van der Waals surface area contributed by atoms with Crippen LogP contribution in [0.2, 0.25) is 0 Å². The average molecular weight is 320 g/mol. The van der Waals surface area contributed by atoms with E-state index in [-0.39, 0.29) is 30.5 Å². The summed E-state index contributed by atoms with van der Waals surface area (Å²) in [5, 5.41) is 2.78. The van der Waals surface area contributed by atoms with E-state index in [1.54, 1.807) is 11.8 Å². The van der Waals surface area contributed by atoms with Crippen molar-refractivity contribution in [2.45, 2.75) is 32.2 Å². The van der Waals surface area contributed by atoms with Crippen molar-refractivity contribution in [3.63, 3.8) is 0 Å². The Morgan fingerprint density at radius 3 is 2.48 bits per heavy atom. The molecule has 1 heterocycles. The predicted molar refractivity (Wildman–Crippen MR) is 78.6 cm³/mol. The molecule has 1 rings (SSSR count). The van der Waals surface area contributed by atoms with Crippen LogP contribution in [0.25, 0.3) is 0 Å². The lowest BCUT2D eigenvalue weighted by molar-refractivity contribution is -0.142. The molecule has 1 aliphatic rings. The minimum Gasteiger partial charge on any atom is -0.468 e. The van der Waals surface area contributed by atoms with Crippen LogP contribution in [0.1, 0.15) is 26.7 Å². The SMILES string of the molecule is CCCN(CC(=O)NC1(C)CCS(=O)(=O)C1)CC(=O)OC. The molecule has 1 N–H and O–H groups in total. The Kier molecular flexibility index (Phi) is 6.15. The Hall–Kier alpha value is -1.15. The maximum Gasteiger partial charge on any atom is 0.319 e.